The molecule has 0 spiro atoms. The minimum absolute atomic E-state index is 0.0434. The average molecular weight is 316 g/mol. The first-order valence-corrected chi connectivity index (χ1v) is 8.63. The molecule has 3 rings (SSSR count). The monoisotopic (exact) mass is 315 g/mol. The number of hydrogen-bond donors (Lipinski definition) is 2. The van der Waals surface area contributed by atoms with Crippen molar-refractivity contribution in [1.29, 1.82) is 0 Å². The van der Waals surface area contributed by atoms with Gasteiger partial charge in [0, 0.05) is 30.9 Å². The summed E-state index contributed by atoms with van der Waals surface area (Å²) in [5.41, 5.74) is 6.03. The van der Waals surface area contributed by atoms with Crippen molar-refractivity contribution < 1.29 is 8.42 Å². The van der Waals surface area contributed by atoms with Gasteiger partial charge in [0.2, 0.25) is 10.0 Å². The second-order valence-corrected chi connectivity index (χ2v) is 7.61. The molecule has 3 N–H and O–H groups in total. The van der Waals surface area contributed by atoms with E-state index in [2.05, 4.69) is 9.62 Å². The molecule has 1 aromatic rings. The zero-order chi connectivity index (χ0) is 14.3. The average Bonchev–Trinajstić information content (AvgIpc) is 3.13. The summed E-state index contributed by atoms with van der Waals surface area (Å²) in [5, 5.41) is 0.198. The maximum absolute atomic E-state index is 12.4. The number of benzene rings is 1. The first-order valence-electron chi connectivity index (χ1n) is 6.77. The highest BCUT2D eigenvalue weighted by Gasteiger charge is 2.36. The van der Waals surface area contributed by atoms with Gasteiger partial charge in [0.05, 0.1) is 5.02 Å². The van der Waals surface area contributed by atoms with E-state index in [0.29, 0.717) is 11.7 Å². The number of likely N-dealkylation sites (tertiary alicyclic amines) is 1. The van der Waals surface area contributed by atoms with Crippen LogP contribution in [0.5, 0.6) is 0 Å². The SMILES string of the molecule is Nc1ccc(Cl)c(S(=O)(=O)NC2CCN(C3CC3)C2)c1. The summed E-state index contributed by atoms with van der Waals surface area (Å²) in [6, 6.07) is 5.12. The molecule has 1 saturated carbocycles. The van der Waals surface area contributed by atoms with Crippen LogP contribution in [0.1, 0.15) is 19.3 Å². The van der Waals surface area contributed by atoms with Crippen LogP contribution in [0.4, 0.5) is 5.69 Å². The molecule has 2 aliphatic rings. The summed E-state index contributed by atoms with van der Waals surface area (Å²) in [5.74, 6) is 0. The van der Waals surface area contributed by atoms with Gasteiger partial charge >= 0.3 is 0 Å². The Morgan fingerprint density at radius 2 is 2.05 bits per heavy atom. The van der Waals surface area contributed by atoms with Crippen molar-refractivity contribution in [3.8, 4) is 0 Å². The van der Waals surface area contributed by atoms with Gasteiger partial charge in [0.1, 0.15) is 4.90 Å². The van der Waals surface area contributed by atoms with Crippen molar-refractivity contribution in [2.45, 2.75) is 36.2 Å². The molecule has 110 valence electrons. The summed E-state index contributed by atoms with van der Waals surface area (Å²) in [6.07, 6.45) is 3.32. The molecule has 1 heterocycles. The van der Waals surface area contributed by atoms with Gasteiger partial charge in [0.25, 0.3) is 0 Å². The highest BCUT2D eigenvalue weighted by Crippen LogP contribution is 2.30. The van der Waals surface area contributed by atoms with Gasteiger partial charge in [-0.15, -0.1) is 0 Å². The van der Waals surface area contributed by atoms with Crippen molar-refractivity contribution in [2.24, 2.45) is 0 Å². The normalized spacial score (nSPS) is 24.1. The molecular formula is C13H18ClN3O2S. The molecule has 0 bridgehead atoms. The zero-order valence-electron chi connectivity index (χ0n) is 11.0. The number of sulfonamides is 1. The Bertz CT molecular complexity index is 616. The number of hydrogen-bond acceptors (Lipinski definition) is 4. The largest absolute Gasteiger partial charge is 0.399 e. The van der Waals surface area contributed by atoms with Gasteiger partial charge in [-0.05, 0) is 37.5 Å². The molecule has 1 saturated heterocycles. The van der Waals surface area contributed by atoms with Gasteiger partial charge < -0.3 is 5.73 Å². The van der Waals surface area contributed by atoms with Crippen LogP contribution in [-0.2, 0) is 10.0 Å². The fourth-order valence-electron chi connectivity index (χ4n) is 2.66. The molecule has 7 heteroatoms. The molecule has 1 aliphatic heterocycles. The summed E-state index contributed by atoms with van der Waals surface area (Å²) in [4.78, 5) is 2.41. The molecule has 0 amide bonds. The van der Waals surface area contributed by atoms with Crippen LogP contribution in [0, 0.1) is 0 Å². The highest BCUT2D eigenvalue weighted by molar-refractivity contribution is 7.89. The third kappa shape index (κ3) is 2.93. The van der Waals surface area contributed by atoms with Crippen molar-refractivity contribution in [1.82, 2.24) is 9.62 Å². The first-order chi connectivity index (χ1) is 9.45. The smallest absolute Gasteiger partial charge is 0.242 e. The quantitative estimate of drug-likeness (QED) is 0.824. The topological polar surface area (TPSA) is 75.4 Å². The van der Waals surface area contributed by atoms with Crippen LogP contribution in [0.2, 0.25) is 5.02 Å². The number of anilines is 1. The molecule has 1 aliphatic carbocycles. The van der Waals surface area contributed by atoms with Crippen molar-refractivity contribution in [3.63, 3.8) is 0 Å². The number of halogens is 1. The van der Waals surface area contributed by atoms with E-state index in [0.717, 1.165) is 19.5 Å². The van der Waals surface area contributed by atoms with Gasteiger partial charge in [0.15, 0.2) is 0 Å². The summed E-state index contributed by atoms with van der Waals surface area (Å²) in [7, 11) is -3.61. The molecule has 2 fully saturated rings. The lowest BCUT2D eigenvalue weighted by Gasteiger charge is -2.16. The minimum Gasteiger partial charge on any atom is -0.399 e. The lowest BCUT2D eigenvalue weighted by molar-refractivity contribution is 0.322. The van der Waals surface area contributed by atoms with Crippen LogP contribution in [0.15, 0.2) is 23.1 Å². The fraction of sp³-hybridized carbons (Fsp3) is 0.538. The van der Waals surface area contributed by atoms with Gasteiger partial charge in [-0.1, -0.05) is 11.6 Å². The van der Waals surface area contributed by atoms with Crippen molar-refractivity contribution in [3.05, 3.63) is 23.2 Å². The molecule has 5 nitrogen and oxygen atoms in total. The van der Waals surface area contributed by atoms with Crippen LogP contribution in [0.3, 0.4) is 0 Å². The predicted molar refractivity (Wildman–Crippen MR) is 79.2 cm³/mol. The molecular weight excluding hydrogens is 298 g/mol. The van der Waals surface area contributed by atoms with Gasteiger partial charge in [-0.25, -0.2) is 13.1 Å². The van der Waals surface area contributed by atoms with Gasteiger partial charge in [-0.3, -0.25) is 4.90 Å². The van der Waals surface area contributed by atoms with E-state index in [1.165, 1.54) is 25.0 Å². The second-order valence-electron chi connectivity index (χ2n) is 5.52. The highest BCUT2D eigenvalue weighted by atomic mass is 35.5. The standard InChI is InChI=1S/C13H18ClN3O2S/c14-12-4-1-9(15)7-13(12)20(18,19)16-10-5-6-17(8-10)11-2-3-11/h1,4,7,10-11,16H,2-3,5-6,8,15H2. The van der Waals surface area contributed by atoms with Crippen LogP contribution < -0.4 is 10.5 Å². The number of nitrogens with zero attached hydrogens (tertiary/aromatic N) is 1. The Balaban J connectivity index is 1.73. The molecule has 1 aromatic carbocycles. The maximum atomic E-state index is 12.4. The first kappa shape index (κ1) is 14.1. The summed E-state index contributed by atoms with van der Waals surface area (Å²) < 4.78 is 27.5. The van der Waals surface area contributed by atoms with E-state index in [1.807, 2.05) is 0 Å². The van der Waals surface area contributed by atoms with E-state index in [1.54, 1.807) is 6.07 Å². The third-order valence-corrected chi connectivity index (χ3v) is 5.85. The van der Waals surface area contributed by atoms with Crippen LogP contribution >= 0.6 is 11.6 Å². The van der Waals surface area contributed by atoms with E-state index in [-0.39, 0.29) is 16.0 Å². The lowest BCUT2D eigenvalue weighted by Crippen LogP contribution is -2.37. The fourth-order valence-corrected chi connectivity index (χ4v) is 4.46. The van der Waals surface area contributed by atoms with Crippen molar-refractivity contribution >= 4 is 27.3 Å². The van der Waals surface area contributed by atoms with Crippen LogP contribution in [-0.4, -0.2) is 38.5 Å². The zero-order valence-corrected chi connectivity index (χ0v) is 12.6. The Morgan fingerprint density at radius 1 is 1.30 bits per heavy atom. The molecule has 1 unspecified atom stereocenters. The Morgan fingerprint density at radius 3 is 2.75 bits per heavy atom. The molecule has 1 atom stereocenters. The third-order valence-electron chi connectivity index (χ3n) is 3.85. The van der Waals surface area contributed by atoms with Gasteiger partial charge in [-0.2, -0.15) is 0 Å². The number of nitrogens with two attached hydrogens (primary N) is 1. The molecule has 20 heavy (non-hydrogen) atoms. The Labute approximate surface area is 124 Å². The van der Waals surface area contributed by atoms with E-state index < -0.39 is 10.0 Å². The predicted octanol–water partition coefficient (Wildman–Crippen LogP) is 1.44. The molecule has 0 radical (unpaired) electrons. The summed E-state index contributed by atoms with van der Waals surface area (Å²) in [6.45, 7) is 1.74. The van der Waals surface area contributed by atoms with E-state index in [9.17, 15) is 8.42 Å². The summed E-state index contributed by atoms with van der Waals surface area (Å²) >= 11 is 5.97. The van der Waals surface area contributed by atoms with E-state index in [4.69, 9.17) is 17.3 Å². The minimum atomic E-state index is -3.61. The number of nitrogens with one attached hydrogen (secondary N) is 1. The molecule has 0 aromatic heterocycles. The van der Waals surface area contributed by atoms with E-state index >= 15 is 0 Å². The second kappa shape index (κ2) is 5.18. The lowest BCUT2D eigenvalue weighted by atomic mass is 10.3. The van der Waals surface area contributed by atoms with Crippen LogP contribution in [0.25, 0.3) is 0 Å². The Hall–Kier alpha value is -0.820. The number of rotatable bonds is 4. The number of nitrogen functional groups attached to an aromatic ring is 1. The Kier molecular flexibility index (Phi) is 3.66. The van der Waals surface area contributed by atoms with Crippen molar-refractivity contribution in [2.75, 3.05) is 18.8 Å². The maximum Gasteiger partial charge on any atom is 0.242 e.